The number of aliphatic carboxylic acids is 1. The van der Waals surface area contributed by atoms with Crippen molar-refractivity contribution in [3.63, 3.8) is 0 Å². The van der Waals surface area contributed by atoms with Crippen LogP contribution >= 0.6 is 0 Å². The second kappa shape index (κ2) is 7.25. The first-order chi connectivity index (χ1) is 10.1. The molecule has 0 aromatic rings. The molecule has 1 aliphatic carbocycles. The van der Waals surface area contributed by atoms with Gasteiger partial charge < -0.3 is 15.7 Å². The molecule has 0 radical (unpaired) electrons. The van der Waals surface area contributed by atoms with Gasteiger partial charge in [-0.15, -0.1) is 0 Å². The summed E-state index contributed by atoms with van der Waals surface area (Å²) in [4.78, 5) is 23.9. The molecule has 1 aliphatic heterocycles. The normalized spacial score (nSPS) is 28.8. The lowest BCUT2D eigenvalue weighted by atomic mass is 9.74. The minimum atomic E-state index is -0.759. The summed E-state index contributed by atoms with van der Waals surface area (Å²) >= 11 is 0. The molecule has 2 unspecified atom stereocenters. The summed E-state index contributed by atoms with van der Waals surface area (Å²) in [7, 11) is 0. The molecule has 120 valence electrons. The quantitative estimate of drug-likeness (QED) is 0.724. The number of hydrogen-bond acceptors (Lipinski definition) is 3. The van der Waals surface area contributed by atoms with Crippen LogP contribution < -0.4 is 10.6 Å². The molecule has 1 amide bonds. The zero-order chi connectivity index (χ0) is 15.3. The molecule has 2 aliphatic rings. The molecule has 0 bridgehead atoms. The van der Waals surface area contributed by atoms with Crippen molar-refractivity contribution in [3.8, 4) is 0 Å². The Morgan fingerprint density at radius 2 is 2.00 bits per heavy atom. The van der Waals surface area contributed by atoms with Gasteiger partial charge in [-0.25, -0.2) is 0 Å². The maximum atomic E-state index is 12.3. The average Bonchev–Trinajstić information content (AvgIpc) is 2.53. The Balaban J connectivity index is 1.88. The average molecular weight is 296 g/mol. The van der Waals surface area contributed by atoms with E-state index < -0.39 is 11.4 Å². The highest BCUT2D eigenvalue weighted by Gasteiger charge is 2.40. The number of rotatable bonds is 5. The molecule has 5 heteroatoms. The first-order valence-electron chi connectivity index (χ1n) is 8.32. The Labute approximate surface area is 126 Å². The molecule has 1 heterocycles. The van der Waals surface area contributed by atoms with Crippen LogP contribution in [0.1, 0.15) is 58.3 Å². The van der Waals surface area contributed by atoms with Gasteiger partial charge in [-0.3, -0.25) is 9.59 Å². The summed E-state index contributed by atoms with van der Waals surface area (Å²) in [6.45, 7) is 3.31. The smallest absolute Gasteiger partial charge is 0.311 e. The lowest BCUT2D eigenvalue weighted by Crippen LogP contribution is -2.52. The predicted octanol–water partition coefficient (Wildman–Crippen LogP) is 1.92. The third-order valence-electron chi connectivity index (χ3n) is 5.27. The molecule has 5 nitrogen and oxygen atoms in total. The topological polar surface area (TPSA) is 78.4 Å². The Morgan fingerprint density at radius 3 is 2.62 bits per heavy atom. The van der Waals surface area contributed by atoms with Crippen molar-refractivity contribution < 1.29 is 14.7 Å². The Hall–Kier alpha value is -1.10. The van der Waals surface area contributed by atoms with Crippen LogP contribution in [0.25, 0.3) is 0 Å². The largest absolute Gasteiger partial charge is 0.481 e. The molecular formula is C16H28N2O3. The molecule has 3 N–H and O–H groups in total. The maximum Gasteiger partial charge on any atom is 0.311 e. The van der Waals surface area contributed by atoms with Gasteiger partial charge in [0.25, 0.3) is 0 Å². The minimum absolute atomic E-state index is 0.0284. The van der Waals surface area contributed by atoms with Crippen LogP contribution in [0.2, 0.25) is 0 Å². The van der Waals surface area contributed by atoms with Crippen molar-refractivity contribution in [2.45, 2.75) is 64.3 Å². The predicted molar refractivity (Wildman–Crippen MR) is 81.0 cm³/mol. The van der Waals surface area contributed by atoms with Crippen molar-refractivity contribution in [1.29, 1.82) is 0 Å². The molecule has 0 spiro atoms. The van der Waals surface area contributed by atoms with E-state index in [2.05, 4.69) is 17.6 Å². The minimum Gasteiger partial charge on any atom is -0.481 e. The number of carbonyl (C=O) groups excluding carboxylic acids is 1. The molecule has 21 heavy (non-hydrogen) atoms. The van der Waals surface area contributed by atoms with Gasteiger partial charge in [-0.2, -0.15) is 0 Å². The number of amides is 1. The summed E-state index contributed by atoms with van der Waals surface area (Å²) in [5.74, 6) is -0.185. The lowest BCUT2D eigenvalue weighted by Gasteiger charge is -2.34. The lowest BCUT2D eigenvalue weighted by molar-refractivity contribution is -0.151. The van der Waals surface area contributed by atoms with Gasteiger partial charge in [0, 0.05) is 6.54 Å². The van der Waals surface area contributed by atoms with E-state index in [0.717, 1.165) is 45.1 Å². The van der Waals surface area contributed by atoms with Crippen LogP contribution in [-0.2, 0) is 9.59 Å². The second-order valence-corrected chi connectivity index (χ2v) is 6.67. The molecule has 0 aromatic heterocycles. The van der Waals surface area contributed by atoms with E-state index in [1.54, 1.807) is 0 Å². The molecule has 0 aromatic carbocycles. The van der Waals surface area contributed by atoms with Crippen molar-refractivity contribution >= 4 is 11.9 Å². The Kier molecular flexibility index (Phi) is 5.62. The van der Waals surface area contributed by atoms with E-state index in [9.17, 15) is 14.7 Å². The highest BCUT2D eigenvalue weighted by atomic mass is 16.4. The van der Waals surface area contributed by atoms with E-state index in [1.807, 2.05) is 0 Å². The van der Waals surface area contributed by atoms with Gasteiger partial charge in [-0.1, -0.05) is 32.6 Å². The van der Waals surface area contributed by atoms with E-state index in [1.165, 1.54) is 0 Å². The third-order valence-corrected chi connectivity index (χ3v) is 5.27. The number of piperidine rings is 1. The van der Waals surface area contributed by atoms with Gasteiger partial charge in [-0.05, 0) is 38.1 Å². The fraction of sp³-hybridized carbons (Fsp3) is 0.875. The number of carbonyl (C=O) groups is 2. The highest BCUT2D eigenvalue weighted by Crippen LogP contribution is 2.36. The van der Waals surface area contributed by atoms with Crippen molar-refractivity contribution in [2.75, 3.05) is 13.1 Å². The number of hydrogen-bond donors (Lipinski definition) is 3. The maximum absolute atomic E-state index is 12.3. The second-order valence-electron chi connectivity index (χ2n) is 6.67. The molecule has 2 rings (SSSR count). The fourth-order valence-corrected chi connectivity index (χ4v) is 3.64. The van der Waals surface area contributed by atoms with E-state index in [4.69, 9.17) is 0 Å². The van der Waals surface area contributed by atoms with Crippen LogP contribution in [0.5, 0.6) is 0 Å². The Bertz CT molecular complexity index is 378. The standard InChI is InChI=1S/C16H28N2O3/c1-2-12-6-9-17-13(10-12)14(19)18-11-16(15(20)21)7-4-3-5-8-16/h12-13,17H,2-11H2,1H3,(H,18,19)(H,20,21). The van der Waals surface area contributed by atoms with Crippen molar-refractivity contribution in [3.05, 3.63) is 0 Å². The SMILES string of the molecule is CCC1CCNC(C(=O)NCC2(C(=O)O)CCCCC2)C1. The summed E-state index contributed by atoms with van der Waals surface area (Å²) in [6.07, 6.45) is 7.44. The van der Waals surface area contributed by atoms with Crippen LogP contribution in [0, 0.1) is 11.3 Å². The van der Waals surface area contributed by atoms with Crippen molar-refractivity contribution in [1.82, 2.24) is 10.6 Å². The van der Waals surface area contributed by atoms with Crippen molar-refractivity contribution in [2.24, 2.45) is 11.3 Å². The van der Waals surface area contributed by atoms with E-state index in [0.29, 0.717) is 18.8 Å². The van der Waals surface area contributed by atoms with Gasteiger partial charge in [0.1, 0.15) is 0 Å². The number of carboxylic acids is 1. The summed E-state index contributed by atoms with van der Waals surface area (Å²) in [5, 5.41) is 15.7. The highest BCUT2D eigenvalue weighted by molar-refractivity contribution is 5.83. The molecular weight excluding hydrogens is 268 g/mol. The van der Waals surface area contributed by atoms with Gasteiger partial charge in [0.05, 0.1) is 11.5 Å². The van der Waals surface area contributed by atoms with Crippen LogP contribution in [0.15, 0.2) is 0 Å². The number of carboxylic acid groups (broad SMARTS) is 1. The van der Waals surface area contributed by atoms with Crippen LogP contribution in [0.4, 0.5) is 0 Å². The van der Waals surface area contributed by atoms with Gasteiger partial charge in [0.15, 0.2) is 0 Å². The first-order valence-corrected chi connectivity index (χ1v) is 8.32. The molecule has 2 fully saturated rings. The monoisotopic (exact) mass is 296 g/mol. The molecule has 1 saturated carbocycles. The van der Waals surface area contributed by atoms with Crippen LogP contribution in [-0.4, -0.2) is 36.1 Å². The summed E-state index contributed by atoms with van der Waals surface area (Å²) in [6, 6.07) is -0.155. The Morgan fingerprint density at radius 1 is 1.29 bits per heavy atom. The van der Waals surface area contributed by atoms with Gasteiger partial charge in [0.2, 0.25) is 5.91 Å². The van der Waals surface area contributed by atoms with E-state index in [-0.39, 0.29) is 18.5 Å². The zero-order valence-electron chi connectivity index (χ0n) is 13.0. The van der Waals surface area contributed by atoms with Crippen LogP contribution in [0.3, 0.4) is 0 Å². The number of nitrogens with one attached hydrogen (secondary N) is 2. The molecule has 1 saturated heterocycles. The summed E-state index contributed by atoms with van der Waals surface area (Å²) in [5.41, 5.74) is -0.743. The first kappa shape index (κ1) is 16.3. The third kappa shape index (κ3) is 3.96. The fourth-order valence-electron chi connectivity index (χ4n) is 3.64. The van der Waals surface area contributed by atoms with E-state index >= 15 is 0 Å². The molecule has 2 atom stereocenters. The zero-order valence-corrected chi connectivity index (χ0v) is 13.0. The van der Waals surface area contributed by atoms with Gasteiger partial charge >= 0.3 is 5.97 Å². The summed E-state index contributed by atoms with van der Waals surface area (Å²) < 4.78 is 0.